The van der Waals surface area contributed by atoms with Gasteiger partial charge in [0.15, 0.2) is 0 Å². The number of hydrogen-bond donors (Lipinski definition) is 1. The number of hydrogen-bond acceptors (Lipinski definition) is 7. The summed E-state index contributed by atoms with van der Waals surface area (Å²) in [5.41, 5.74) is 6.91. The number of aromatic nitrogens is 2. The van der Waals surface area contributed by atoms with Crippen LogP contribution < -0.4 is 10.5 Å². The second kappa shape index (κ2) is 9.05. The SMILES string of the molecule is Cc1nc(CN)cc(Oc2ccc(CSN(C)C(=O)OC(C)(C)C)cc2)n1. The normalized spacial score (nSPS) is 11.2. The van der Waals surface area contributed by atoms with Crippen LogP contribution in [0.15, 0.2) is 30.3 Å². The summed E-state index contributed by atoms with van der Waals surface area (Å²) in [6.07, 6.45) is -0.359. The predicted octanol–water partition coefficient (Wildman–Crippen LogP) is 4.05. The summed E-state index contributed by atoms with van der Waals surface area (Å²) in [6, 6.07) is 9.35. The van der Waals surface area contributed by atoms with Crippen molar-refractivity contribution in [2.24, 2.45) is 5.73 Å². The van der Waals surface area contributed by atoms with E-state index in [0.29, 0.717) is 29.8 Å². The van der Waals surface area contributed by atoms with Crippen LogP contribution in [-0.4, -0.2) is 33.0 Å². The Labute approximate surface area is 164 Å². The molecule has 27 heavy (non-hydrogen) atoms. The molecule has 2 aromatic rings. The molecule has 1 aromatic carbocycles. The lowest BCUT2D eigenvalue weighted by Crippen LogP contribution is -2.30. The van der Waals surface area contributed by atoms with E-state index < -0.39 is 5.60 Å². The molecule has 2 N–H and O–H groups in total. The van der Waals surface area contributed by atoms with E-state index in [9.17, 15) is 4.79 Å². The summed E-state index contributed by atoms with van der Waals surface area (Å²) in [6.45, 7) is 7.67. The maximum absolute atomic E-state index is 12.0. The molecule has 0 spiro atoms. The number of ether oxygens (including phenoxy) is 2. The van der Waals surface area contributed by atoms with E-state index in [2.05, 4.69) is 9.97 Å². The van der Waals surface area contributed by atoms with Crippen molar-refractivity contribution in [2.45, 2.75) is 45.6 Å². The Morgan fingerprint density at radius 2 is 1.89 bits per heavy atom. The summed E-state index contributed by atoms with van der Waals surface area (Å²) in [7, 11) is 1.70. The number of carbonyl (C=O) groups is 1. The van der Waals surface area contributed by atoms with Gasteiger partial charge in [-0.1, -0.05) is 12.1 Å². The average molecular weight is 391 g/mol. The fourth-order valence-electron chi connectivity index (χ4n) is 2.08. The molecule has 1 heterocycles. The van der Waals surface area contributed by atoms with Gasteiger partial charge in [-0.25, -0.2) is 9.78 Å². The standard InChI is InChI=1S/C19H26N4O3S/c1-13-21-15(11-20)10-17(22-13)25-16-8-6-14(7-9-16)12-27-23(5)18(24)26-19(2,3)4/h6-10H,11-12,20H2,1-5H3. The summed E-state index contributed by atoms with van der Waals surface area (Å²) in [5.74, 6) is 2.39. The third kappa shape index (κ3) is 7.07. The van der Waals surface area contributed by atoms with Gasteiger partial charge in [0.1, 0.15) is 17.2 Å². The van der Waals surface area contributed by atoms with Crippen molar-refractivity contribution in [1.29, 1.82) is 0 Å². The molecule has 146 valence electrons. The van der Waals surface area contributed by atoms with Crippen molar-refractivity contribution >= 4 is 18.0 Å². The number of nitrogens with zero attached hydrogens (tertiary/aromatic N) is 3. The number of amides is 1. The van der Waals surface area contributed by atoms with Crippen LogP contribution in [0.3, 0.4) is 0 Å². The topological polar surface area (TPSA) is 90.6 Å². The van der Waals surface area contributed by atoms with Crippen LogP contribution >= 0.6 is 11.9 Å². The molecule has 0 aliphatic carbocycles. The minimum absolute atomic E-state index is 0.334. The lowest BCUT2D eigenvalue weighted by atomic mass is 10.2. The highest BCUT2D eigenvalue weighted by Gasteiger charge is 2.19. The molecule has 0 bridgehead atoms. The van der Waals surface area contributed by atoms with Gasteiger partial charge in [0.05, 0.1) is 5.69 Å². The molecular formula is C19H26N4O3S. The van der Waals surface area contributed by atoms with E-state index in [1.54, 1.807) is 20.0 Å². The van der Waals surface area contributed by atoms with Gasteiger partial charge in [0, 0.05) is 25.4 Å². The number of benzene rings is 1. The molecule has 0 atom stereocenters. The van der Waals surface area contributed by atoms with Crippen LogP contribution in [0.25, 0.3) is 0 Å². The van der Waals surface area contributed by atoms with E-state index in [-0.39, 0.29) is 6.09 Å². The molecular weight excluding hydrogens is 364 g/mol. The average Bonchev–Trinajstić information content (AvgIpc) is 2.58. The quantitative estimate of drug-likeness (QED) is 0.744. The van der Waals surface area contributed by atoms with E-state index in [1.807, 2.05) is 45.0 Å². The molecule has 0 saturated carbocycles. The van der Waals surface area contributed by atoms with Crippen LogP contribution in [0.4, 0.5) is 4.79 Å². The van der Waals surface area contributed by atoms with Gasteiger partial charge in [-0.3, -0.25) is 4.31 Å². The smallest absolute Gasteiger partial charge is 0.420 e. The number of aryl methyl sites for hydroxylation is 1. The molecule has 7 nitrogen and oxygen atoms in total. The van der Waals surface area contributed by atoms with Crippen molar-refractivity contribution in [2.75, 3.05) is 7.05 Å². The minimum atomic E-state index is -0.506. The molecule has 0 aliphatic rings. The van der Waals surface area contributed by atoms with Crippen molar-refractivity contribution < 1.29 is 14.3 Å². The summed E-state index contributed by atoms with van der Waals surface area (Å²) >= 11 is 1.38. The molecule has 1 amide bonds. The molecule has 8 heteroatoms. The largest absolute Gasteiger partial charge is 0.443 e. The Morgan fingerprint density at radius 3 is 2.48 bits per heavy atom. The summed E-state index contributed by atoms with van der Waals surface area (Å²) in [4.78, 5) is 20.4. The predicted molar refractivity (Wildman–Crippen MR) is 106 cm³/mol. The summed E-state index contributed by atoms with van der Waals surface area (Å²) < 4.78 is 12.6. The zero-order valence-corrected chi connectivity index (χ0v) is 17.2. The van der Waals surface area contributed by atoms with Gasteiger partial charge >= 0.3 is 6.09 Å². The fraction of sp³-hybridized carbons (Fsp3) is 0.421. The first kappa shape index (κ1) is 21.0. The zero-order chi connectivity index (χ0) is 20.0. The second-order valence-electron chi connectivity index (χ2n) is 6.95. The molecule has 1 aromatic heterocycles. The van der Waals surface area contributed by atoms with E-state index in [0.717, 1.165) is 11.3 Å². The van der Waals surface area contributed by atoms with Crippen molar-refractivity contribution in [3.05, 3.63) is 47.4 Å². The molecule has 0 radical (unpaired) electrons. The Morgan fingerprint density at radius 1 is 1.22 bits per heavy atom. The lowest BCUT2D eigenvalue weighted by Gasteiger charge is -2.23. The van der Waals surface area contributed by atoms with Gasteiger partial charge in [-0.2, -0.15) is 4.98 Å². The third-order valence-corrected chi connectivity index (χ3v) is 4.30. The second-order valence-corrected chi connectivity index (χ2v) is 8.04. The highest BCUT2D eigenvalue weighted by Crippen LogP contribution is 2.23. The first-order valence-corrected chi connectivity index (χ1v) is 9.51. The van der Waals surface area contributed by atoms with Gasteiger partial charge in [-0.15, -0.1) is 0 Å². The molecule has 2 rings (SSSR count). The van der Waals surface area contributed by atoms with Crippen LogP contribution in [-0.2, 0) is 17.0 Å². The highest BCUT2D eigenvalue weighted by atomic mass is 32.2. The molecule has 0 fully saturated rings. The fourth-order valence-corrected chi connectivity index (χ4v) is 2.76. The van der Waals surface area contributed by atoms with Crippen LogP contribution in [0.5, 0.6) is 11.6 Å². The first-order valence-electron chi connectivity index (χ1n) is 8.57. The van der Waals surface area contributed by atoms with Crippen molar-refractivity contribution in [1.82, 2.24) is 14.3 Å². The number of rotatable bonds is 6. The lowest BCUT2D eigenvalue weighted by molar-refractivity contribution is 0.0432. The van der Waals surface area contributed by atoms with Gasteiger partial charge in [0.25, 0.3) is 0 Å². The van der Waals surface area contributed by atoms with E-state index in [1.165, 1.54) is 16.3 Å². The van der Waals surface area contributed by atoms with Crippen LogP contribution in [0, 0.1) is 6.92 Å². The Bertz CT molecular complexity index is 776. The molecule has 0 aliphatic heterocycles. The Balaban J connectivity index is 1.92. The van der Waals surface area contributed by atoms with Crippen LogP contribution in [0.1, 0.15) is 37.9 Å². The monoisotopic (exact) mass is 390 g/mol. The van der Waals surface area contributed by atoms with E-state index in [4.69, 9.17) is 15.2 Å². The van der Waals surface area contributed by atoms with Gasteiger partial charge in [0.2, 0.25) is 5.88 Å². The first-order chi connectivity index (χ1) is 12.7. The molecule has 0 saturated heterocycles. The summed E-state index contributed by atoms with van der Waals surface area (Å²) in [5, 5.41) is 0. The number of carbonyl (C=O) groups excluding carboxylic acids is 1. The Kier molecular flexibility index (Phi) is 7.04. The zero-order valence-electron chi connectivity index (χ0n) is 16.4. The molecule has 0 unspecified atom stereocenters. The number of nitrogens with two attached hydrogens (primary N) is 1. The Hall–Kier alpha value is -2.32. The maximum atomic E-state index is 12.0. The van der Waals surface area contributed by atoms with Crippen molar-refractivity contribution in [3.63, 3.8) is 0 Å². The van der Waals surface area contributed by atoms with Gasteiger partial charge in [-0.05, 0) is 57.3 Å². The van der Waals surface area contributed by atoms with Gasteiger partial charge < -0.3 is 15.2 Å². The highest BCUT2D eigenvalue weighted by molar-refractivity contribution is 7.96. The minimum Gasteiger partial charge on any atom is -0.443 e. The van der Waals surface area contributed by atoms with Crippen LogP contribution in [0.2, 0.25) is 0 Å². The third-order valence-electron chi connectivity index (χ3n) is 3.30. The maximum Gasteiger partial charge on any atom is 0.420 e. The van der Waals surface area contributed by atoms with Crippen molar-refractivity contribution in [3.8, 4) is 11.6 Å². The van der Waals surface area contributed by atoms with E-state index >= 15 is 0 Å².